The van der Waals surface area contributed by atoms with Crippen LogP contribution in [0.1, 0.15) is 0 Å². The molecule has 3 rings (SSSR count). The number of hydrogen-bond donors (Lipinski definition) is 0. The standard InChI is InChI=1S/C20H20O2P2/c21-20(16-23)22-24(17-10-4-1-5-11-17,18-12-6-2-7-13-18)19-14-8-3-9-15-19/h1-15,24H,16,23H2. The molecule has 0 bridgehead atoms. The third kappa shape index (κ3) is 3.26. The maximum absolute atomic E-state index is 12.3. The van der Waals surface area contributed by atoms with Crippen LogP contribution in [0.5, 0.6) is 0 Å². The molecule has 24 heavy (non-hydrogen) atoms. The van der Waals surface area contributed by atoms with Crippen molar-refractivity contribution < 1.29 is 9.32 Å². The van der Waals surface area contributed by atoms with Crippen molar-refractivity contribution in [3.63, 3.8) is 0 Å². The van der Waals surface area contributed by atoms with E-state index in [-0.39, 0.29) is 12.1 Å². The van der Waals surface area contributed by atoms with Gasteiger partial charge in [-0.15, -0.1) is 0 Å². The van der Waals surface area contributed by atoms with Crippen molar-refractivity contribution in [3.8, 4) is 0 Å². The van der Waals surface area contributed by atoms with Crippen LogP contribution >= 0.6 is 16.7 Å². The minimum atomic E-state index is -2.87. The first-order valence-corrected chi connectivity index (χ1v) is 10.6. The molecule has 0 aliphatic carbocycles. The van der Waals surface area contributed by atoms with Crippen LogP contribution in [0, 0.1) is 0 Å². The SMILES string of the molecule is O=C(CP)O[PH](c1ccccc1)(c1ccccc1)c1ccccc1. The van der Waals surface area contributed by atoms with Crippen LogP contribution in [0.25, 0.3) is 0 Å². The van der Waals surface area contributed by atoms with Gasteiger partial charge in [0.15, 0.2) is 0 Å². The van der Waals surface area contributed by atoms with Crippen molar-refractivity contribution in [1.82, 2.24) is 0 Å². The molecular weight excluding hydrogens is 334 g/mol. The van der Waals surface area contributed by atoms with Gasteiger partial charge in [-0.2, -0.15) is 0 Å². The summed E-state index contributed by atoms with van der Waals surface area (Å²) in [5.74, 6) is -0.205. The van der Waals surface area contributed by atoms with Gasteiger partial charge in [-0.3, -0.25) is 0 Å². The summed E-state index contributed by atoms with van der Waals surface area (Å²) in [6.07, 6.45) is 0.279. The zero-order chi connectivity index (χ0) is 16.8. The van der Waals surface area contributed by atoms with Gasteiger partial charge in [-0.25, -0.2) is 0 Å². The molecule has 0 aromatic heterocycles. The Bertz CT molecular complexity index is 693. The Morgan fingerprint density at radius 2 is 1.04 bits per heavy atom. The van der Waals surface area contributed by atoms with Gasteiger partial charge in [0, 0.05) is 0 Å². The molecule has 0 N–H and O–H groups in total. The molecule has 0 heterocycles. The molecule has 4 heteroatoms. The van der Waals surface area contributed by atoms with Crippen molar-refractivity contribution in [3.05, 3.63) is 91.0 Å². The van der Waals surface area contributed by atoms with Gasteiger partial charge in [0.1, 0.15) is 0 Å². The summed E-state index contributed by atoms with van der Waals surface area (Å²) in [6.45, 7) is 0. The van der Waals surface area contributed by atoms with Crippen molar-refractivity contribution in [2.75, 3.05) is 6.16 Å². The number of carbonyl (C=O) groups is 1. The Kier molecular flexibility index (Phi) is 5.41. The number of hydrogen-bond acceptors (Lipinski definition) is 2. The fourth-order valence-electron chi connectivity index (χ4n) is 2.91. The molecule has 0 spiro atoms. The van der Waals surface area contributed by atoms with Gasteiger partial charge in [0.2, 0.25) is 0 Å². The number of rotatable bonds is 5. The fraction of sp³-hybridized carbons (Fsp3) is 0.0500. The molecule has 0 fully saturated rings. The summed E-state index contributed by atoms with van der Waals surface area (Å²) in [4.78, 5) is 12.3. The van der Waals surface area contributed by atoms with Crippen molar-refractivity contribution in [2.24, 2.45) is 0 Å². The van der Waals surface area contributed by atoms with E-state index in [0.717, 1.165) is 15.9 Å². The van der Waals surface area contributed by atoms with Crippen molar-refractivity contribution >= 4 is 38.6 Å². The molecular formula is C20H20O2P2. The molecule has 3 aromatic rings. The van der Waals surface area contributed by atoms with Crippen LogP contribution < -0.4 is 15.9 Å². The molecule has 3 aromatic carbocycles. The van der Waals surface area contributed by atoms with E-state index in [0.29, 0.717) is 0 Å². The second kappa shape index (κ2) is 7.71. The predicted octanol–water partition coefficient (Wildman–Crippen LogP) is 3.05. The summed E-state index contributed by atoms with van der Waals surface area (Å²) in [5, 5.41) is 3.19. The molecule has 122 valence electrons. The third-order valence-corrected chi connectivity index (χ3v) is 8.28. The molecule has 0 radical (unpaired) electrons. The summed E-state index contributed by atoms with van der Waals surface area (Å²) in [7, 11) is -0.414. The van der Waals surface area contributed by atoms with Crippen molar-refractivity contribution in [1.29, 1.82) is 0 Å². The monoisotopic (exact) mass is 354 g/mol. The molecule has 0 saturated heterocycles. The van der Waals surface area contributed by atoms with Crippen LogP contribution in [0.3, 0.4) is 0 Å². The number of benzene rings is 3. The second-order valence-corrected chi connectivity index (χ2v) is 9.16. The number of carbonyl (C=O) groups excluding carboxylic acids is 1. The van der Waals surface area contributed by atoms with E-state index >= 15 is 0 Å². The van der Waals surface area contributed by atoms with E-state index in [1.54, 1.807) is 0 Å². The fourth-order valence-corrected chi connectivity index (χ4v) is 6.92. The second-order valence-electron chi connectivity index (χ2n) is 5.46. The van der Waals surface area contributed by atoms with Crippen LogP contribution in [0.2, 0.25) is 0 Å². The first kappa shape index (κ1) is 16.8. The quantitative estimate of drug-likeness (QED) is 0.659. The van der Waals surface area contributed by atoms with Gasteiger partial charge in [0.05, 0.1) is 0 Å². The van der Waals surface area contributed by atoms with E-state index in [4.69, 9.17) is 4.52 Å². The van der Waals surface area contributed by atoms with Gasteiger partial charge >= 0.3 is 145 Å². The van der Waals surface area contributed by atoms with Gasteiger partial charge in [-0.1, -0.05) is 0 Å². The van der Waals surface area contributed by atoms with Crippen LogP contribution in [0.15, 0.2) is 91.0 Å². The predicted molar refractivity (Wildman–Crippen MR) is 107 cm³/mol. The summed E-state index contributed by atoms with van der Waals surface area (Å²) in [5.41, 5.74) is 0. The van der Waals surface area contributed by atoms with Crippen LogP contribution in [-0.4, -0.2) is 12.1 Å². The first-order valence-electron chi connectivity index (χ1n) is 7.86. The van der Waals surface area contributed by atoms with E-state index in [2.05, 4.69) is 45.6 Å². The molecule has 1 unspecified atom stereocenters. The van der Waals surface area contributed by atoms with E-state index in [1.165, 1.54) is 0 Å². The van der Waals surface area contributed by atoms with Crippen molar-refractivity contribution in [2.45, 2.75) is 0 Å². The third-order valence-electron chi connectivity index (χ3n) is 3.97. The summed E-state index contributed by atoms with van der Waals surface area (Å²) in [6, 6.07) is 30.3. The average Bonchev–Trinajstić information content (AvgIpc) is 2.68. The first-order chi connectivity index (χ1) is 11.8. The molecule has 0 aliphatic heterocycles. The normalized spacial score (nSPS) is 11.7. The van der Waals surface area contributed by atoms with E-state index in [9.17, 15) is 4.79 Å². The molecule has 1 atom stereocenters. The molecule has 2 nitrogen and oxygen atoms in total. The maximum atomic E-state index is 12.3. The summed E-state index contributed by atoms with van der Waals surface area (Å²) < 4.78 is 6.22. The summed E-state index contributed by atoms with van der Waals surface area (Å²) >= 11 is 0. The Morgan fingerprint density at radius 1 is 0.708 bits per heavy atom. The Morgan fingerprint density at radius 3 is 1.33 bits per heavy atom. The van der Waals surface area contributed by atoms with Gasteiger partial charge in [0.25, 0.3) is 0 Å². The van der Waals surface area contributed by atoms with Gasteiger partial charge < -0.3 is 0 Å². The van der Waals surface area contributed by atoms with Gasteiger partial charge in [-0.05, 0) is 0 Å². The Hall–Kier alpha value is -2.01. The average molecular weight is 354 g/mol. The Labute approximate surface area is 145 Å². The molecule has 0 aliphatic rings. The van der Waals surface area contributed by atoms with E-state index < -0.39 is 7.49 Å². The van der Waals surface area contributed by atoms with E-state index in [1.807, 2.05) is 54.6 Å². The zero-order valence-electron chi connectivity index (χ0n) is 13.3. The van der Waals surface area contributed by atoms with Crippen LogP contribution in [-0.2, 0) is 9.32 Å². The zero-order valence-corrected chi connectivity index (χ0v) is 15.4. The molecule has 0 saturated carbocycles. The minimum absolute atomic E-state index is 0.205. The molecule has 0 amide bonds. The topological polar surface area (TPSA) is 26.3 Å². The van der Waals surface area contributed by atoms with Crippen LogP contribution in [0.4, 0.5) is 0 Å². The Balaban J connectivity index is 2.30.